The van der Waals surface area contributed by atoms with Crippen LogP contribution in [0.1, 0.15) is 27.7 Å². The SMILES string of the molecule is CC[N+](CC)(CC)CC.O=S(=O)([O-])C(F)(F)C(F)(F)C(F)(F)C(F)(F)C(F)(F)C(F)(F)C(F)(F)C(F)(F)C(F)F. The molecule has 0 aromatic heterocycles. The fourth-order valence-electron chi connectivity index (χ4n) is 2.82. The zero-order valence-electron chi connectivity index (χ0n) is 20.3. The second-order valence-electron chi connectivity index (χ2n) is 7.95. The van der Waals surface area contributed by atoms with E-state index in [4.69, 9.17) is 0 Å². The second-order valence-corrected chi connectivity index (χ2v) is 9.37. The maximum Gasteiger partial charge on any atom is 0.402 e. The van der Waals surface area contributed by atoms with Crippen molar-refractivity contribution in [1.29, 1.82) is 0 Å². The molecule has 0 atom stereocenters. The van der Waals surface area contributed by atoms with Crippen LogP contribution in [0.15, 0.2) is 0 Å². The number of halogens is 18. The van der Waals surface area contributed by atoms with Gasteiger partial charge in [0, 0.05) is 0 Å². The van der Waals surface area contributed by atoms with E-state index in [0.29, 0.717) is 0 Å². The molecule has 0 aliphatic carbocycles. The molecule has 0 radical (unpaired) electrons. The molecule has 0 bridgehead atoms. The highest BCUT2D eigenvalue weighted by atomic mass is 32.2. The zero-order chi connectivity index (χ0) is 33.4. The predicted octanol–water partition coefficient (Wildman–Crippen LogP) is 6.72. The van der Waals surface area contributed by atoms with Crippen molar-refractivity contribution in [3.05, 3.63) is 0 Å². The summed E-state index contributed by atoms with van der Waals surface area (Å²) >= 11 is 0. The van der Waals surface area contributed by atoms with Crippen LogP contribution in [0.5, 0.6) is 0 Å². The first-order valence-electron chi connectivity index (χ1n) is 10.3. The summed E-state index contributed by atoms with van der Waals surface area (Å²) in [6, 6.07) is 0. The van der Waals surface area contributed by atoms with Crippen LogP contribution in [-0.4, -0.2) is 96.8 Å². The molecule has 0 N–H and O–H groups in total. The van der Waals surface area contributed by atoms with Gasteiger partial charge in [0.15, 0.2) is 10.1 Å². The van der Waals surface area contributed by atoms with Crippen LogP contribution < -0.4 is 0 Å². The third-order valence-electron chi connectivity index (χ3n) is 6.03. The molecule has 0 heterocycles. The average Bonchev–Trinajstić information content (AvgIpc) is 2.79. The molecule has 0 saturated carbocycles. The number of quaternary nitrogens is 1. The highest BCUT2D eigenvalue weighted by molar-refractivity contribution is 7.86. The highest BCUT2D eigenvalue weighted by Crippen LogP contribution is 2.64. The number of nitrogens with zero attached hydrogens (tertiary/aromatic N) is 1. The van der Waals surface area contributed by atoms with Gasteiger partial charge in [0.05, 0.1) is 26.2 Å². The Morgan fingerprint density at radius 3 is 0.925 bits per heavy atom. The van der Waals surface area contributed by atoms with Gasteiger partial charge < -0.3 is 9.04 Å². The third-order valence-corrected chi connectivity index (χ3v) is 6.91. The van der Waals surface area contributed by atoms with Crippen LogP contribution in [0.4, 0.5) is 79.0 Å². The minimum atomic E-state index is -9.01. The summed E-state index contributed by atoms with van der Waals surface area (Å²) in [5.74, 6) is -60.4. The standard InChI is InChI=1S/C9H2F18O3S.C8H20N/c10-1(11)2(12,13)3(14,15)4(16,17)5(18,19)6(20,21)7(22,23)8(24,25)9(26,27)31(28,29)30;1-5-9(6-2,7-3)8-4/h1H,(H,28,29,30);5-8H2,1-4H3/q;+1/p-1. The Balaban J connectivity index is 0. The maximum atomic E-state index is 13.2. The lowest BCUT2D eigenvalue weighted by molar-refractivity contribution is -0.921. The Morgan fingerprint density at radius 2 is 0.750 bits per heavy atom. The molecular weight excluding hydrogens is 640 g/mol. The normalized spacial score (nSPS) is 15.7. The van der Waals surface area contributed by atoms with Crippen molar-refractivity contribution in [2.24, 2.45) is 0 Å². The first-order chi connectivity index (χ1) is 17.2. The first-order valence-corrected chi connectivity index (χ1v) is 11.7. The molecule has 0 amide bonds. The lowest BCUT2D eigenvalue weighted by Crippen LogP contribution is -2.75. The zero-order valence-corrected chi connectivity index (χ0v) is 21.1. The van der Waals surface area contributed by atoms with Gasteiger partial charge >= 0.3 is 53.1 Å². The van der Waals surface area contributed by atoms with E-state index in [1.807, 2.05) is 0 Å². The summed E-state index contributed by atoms with van der Waals surface area (Å²) in [5.41, 5.74) is 0. The molecule has 0 fully saturated rings. The molecule has 0 aromatic rings. The summed E-state index contributed by atoms with van der Waals surface area (Å²) in [4.78, 5) is 0. The van der Waals surface area contributed by atoms with Crippen molar-refractivity contribution in [3.8, 4) is 0 Å². The van der Waals surface area contributed by atoms with Crippen LogP contribution >= 0.6 is 0 Å². The van der Waals surface area contributed by atoms with Crippen molar-refractivity contribution in [1.82, 2.24) is 0 Å². The minimum Gasteiger partial charge on any atom is -0.743 e. The molecule has 0 aliphatic rings. The lowest BCUT2D eigenvalue weighted by atomic mass is 9.89. The largest absolute Gasteiger partial charge is 0.743 e. The molecule has 23 heteroatoms. The smallest absolute Gasteiger partial charge is 0.402 e. The van der Waals surface area contributed by atoms with Crippen molar-refractivity contribution >= 4 is 10.1 Å². The summed E-state index contributed by atoms with van der Waals surface area (Å²) in [7, 11) is -8.19. The molecule has 244 valence electrons. The van der Waals surface area contributed by atoms with Gasteiger partial charge in [-0.05, 0) is 27.7 Å². The summed E-state index contributed by atoms with van der Waals surface area (Å²) in [6.07, 6.45) is -6.09. The van der Waals surface area contributed by atoms with E-state index in [0.717, 1.165) is 0 Å². The monoisotopic (exact) mass is 661 g/mol. The van der Waals surface area contributed by atoms with E-state index in [1.165, 1.54) is 30.7 Å². The molecule has 0 aromatic carbocycles. The van der Waals surface area contributed by atoms with Crippen molar-refractivity contribution in [2.45, 2.75) is 80.8 Å². The van der Waals surface area contributed by atoms with Crippen LogP contribution in [0.25, 0.3) is 0 Å². The molecule has 0 aliphatic heterocycles. The Hall–Kier alpha value is -1.39. The quantitative estimate of drug-likeness (QED) is 0.125. The van der Waals surface area contributed by atoms with Crippen molar-refractivity contribution < 1.29 is 96.5 Å². The Bertz CT molecular complexity index is 930. The van der Waals surface area contributed by atoms with Crippen LogP contribution in [-0.2, 0) is 10.1 Å². The van der Waals surface area contributed by atoms with E-state index in [2.05, 4.69) is 27.7 Å². The lowest BCUT2D eigenvalue weighted by Gasteiger charge is -2.43. The predicted molar refractivity (Wildman–Crippen MR) is 97.7 cm³/mol. The number of alkyl halides is 18. The van der Waals surface area contributed by atoms with Gasteiger partial charge in [0.2, 0.25) is 0 Å². The van der Waals surface area contributed by atoms with Crippen LogP contribution in [0.3, 0.4) is 0 Å². The van der Waals surface area contributed by atoms with Crippen molar-refractivity contribution in [2.75, 3.05) is 26.2 Å². The number of hydrogen-bond acceptors (Lipinski definition) is 3. The molecule has 40 heavy (non-hydrogen) atoms. The molecular formula is C17H21F18NO3S. The molecule has 0 unspecified atom stereocenters. The van der Waals surface area contributed by atoms with Crippen LogP contribution in [0.2, 0.25) is 0 Å². The molecule has 0 saturated heterocycles. The van der Waals surface area contributed by atoms with Gasteiger partial charge in [-0.2, -0.15) is 70.2 Å². The van der Waals surface area contributed by atoms with E-state index in [-0.39, 0.29) is 0 Å². The van der Waals surface area contributed by atoms with Gasteiger partial charge in [0.1, 0.15) is 0 Å². The summed E-state index contributed by atoms with van der Waals surface area (Å²) < 4.78 is 261. The van der Waals surface area contributed by atoms with E-state index in [1.54, 1.807) is 0 Å². The van der Waals surface area contributed by atoms with E-state index >= 15 is 0 Å². The highest BCUT2D eigenvalue weighted by Gasteiger charge is 2.96. The summed E-state index contributed by atoms with van der Waals surface area (Å²) in [6.45, 7) is 14.2. The van der Waals surface area contributed by atoms with Gasteiger partial charge in [0.25, 0.3) is 0 Å². The first kappa shape index (κ1) is 40.7. The van der Waals surface area contributed by atoms with Crippen molar-refractivity contribution in [3.63, 3.8) is 0 Å². The second kappa shape index (κ2) is 11.7. The Kier molecular flexibility index (Phi) is 11.9. The molecule has 0 rings (SSSR count). The third kappa shape index (κ3) is 5.91. The maximum absolute atomic E-state index is 13.2. The topological polar surface area (TPSA) is 57.2 Å². The average molecular weight is 661 g/mol. The fourth-order valence-corrected chi connectivity index (χ4v) is 3.26. The summed E-state index contributed by atoms with van der Waals surface area (Å²) in [5, 5.41) is -8.01. The Morgan fingerprint density at radius 1 is 0.525 bits per heavy atom. The fraction of sp³-hybridized carbons (Fsp3) is 1.00. The van der Waals surface area contributed by atoms with E-state index in [9.17, 15) is 92.0 Å². The minimum absolute atomic E-state index is 1.28. The molecule has 0 spiro atoms. The van der Waals surface area contributed by atoms with E-state index < -0.39 is 63.3 Å². The van der Waals surface area contributed by atoms with Gasteiger partial charge in [-0.1, -0.05) is 0 Å². The van der Waals surface area contributed by atoms with Crippen LogP contribution in [0, 0.1) is 0 Å². The van der Waals surface area contributed by atoms with Gasteiger partial charge in [-0.25, -0.2) is 17.2 Å². The van der Waals surface area contributed by atoms with Gasteiger partial charge in [-0.15, -0.1) is 0 Å². The Labute approximate surface area is 214 Å². The number of rotatable bonds is 13. The molecule has 4 nitrogen and oxygen atoms in total. The number of hydrogen-bond donors (Lipinski definition) is 0. The van der Waals surface area contributed by atoms with Gasteiger partial charge in [-0.3, -0.25) is 0 Å².